The summed E-state index contributed by atoms with van der Waals surface area (Å²) in [4.78, 5) is 29.1. The number of hydrogen-bond donors (Lipinski definition) is 1. The standard InChI is InChI=1S/C32H41N3O4S/c1-6-25(4)33-32(37)29(7-2)34(22-21-27-16-10-8-11-17-27)31(36)23-35(30-20-14-15-24(3)26(30)5)40(38,39)28-18-12-9-13-19-28/h8-20,25,29H,6-7,21-23H2,1-5H3,(H,33,37). The number of nitrogens with zero attached hydrogens (tertiary/aromatic N) is 2. The number of anilines is 1. The van der Waals surface area contributed by atoms with Crippen molar-refractivity contribution in [3.8, 4) is 0 Å². The molecule has 0 aliphatic heterocycles. The molecule has 2 unspecified atom stereocenters. The zero-order chi connectivity index (χ0) is 29.3. The number of sulfonamides is 1. The van der Waals surface area contributed by atoms with E-state index in [0.717, 1.165) is 23.1 Å². The smallest absolute Gasteiger partial charge is 0.264 e. The number of rotatable bonds is 13. The van der Waals surface area contributed by atoms with E-state index in [1.165, 1.54) is 16.4 Å². The maximum Gasteiger partial charge on any atom is 0.264 e. The van der Waals surface area contributed by atoms with Gasteiger partial charge in [0.05, 0.1) is 10.6 Å². The van der Waals surface area contributed by atoms with Crippen molar-refractivity contribution in [3.63, 3.8) is 0 Å². The maximum atomic E-state index is 14.1. The Hall–Kier alpha value is -3.65. The van der Waals surface area contributed by atoms with Crippen molar-refractivity contribution in [3.05, 3.63) is 95.6 Å². The zero-order valence-corrected chi connectivity index (χ0v) is 24.9. The molecule has 0 fully saturated rings. The van der Waals surface area contributed by atoms with Gasteiger partial charge in [-0.15, -0.1) is 0 Å². The second-order valence-corrected chi connectivity index (χ2v) is 12.0. The molecule has 0 aromatic heterocycles. The minimum Gasteiger partial charge on any atom is -0.352 e. The van der Waals surface area contributed by atoms with Crippen molar-refractivity contribution in [2.75, 3.05) is 17.4 Å². The molecule has 0 saturated carbocycles. The molecule has 0 heterocycles. The Morgan fingerprint density at radius 3 is 2.08 bits per heavy atom. The summed E-state index contributed by atoms with van der Waals surface area (Å²) in [6.07, 6.45) is 1.70. The van der Waals surface area contributed by atoms with Gasteiger partial charge in [0.25, 0.3) is 10.0 Å². The lowest BCUT2D eigenvalue weighted by Gasteiger charge is -2.34. The molecule has 0 aliphatic rings. The minimum atomic E-state index is -4.08. The van der Waals surface area contributed by atoms with Crippen molar-refractivity contribution in [2.24, 2.45) is 0 Å². The van der Waals surface area contributed by atoms with Crippen molar-refractivity contribution in [1.29, 1.82) is 0 Å². The number of carbonyl (C=O) groups excluding carboxylic acids is 2. The first-order valence-corrected chi connectivity index (χ1v) is 15.3. The van der Waals surface area contributed by atoms with Crippen LogP contribution in [-0.4, -0.2) is 50.3 Å². The van der Waals surface area contributed by atoms with Gasteiger partial charge in [-0.05, 0) is 74.9 Å². The van der Waals surface area contributed by atoms with Crippen LogP contribution in [-0.2, 0) is 26.0 Å². The summed E-state index contributed by atoms with van der Waals surface area (Å²) in [6.45, 7) is 9.39. The Morgan fingerprint density at radius 1 is 0.850 bits per heavy atom. The van der Waals surface area contributed by atoms with E-state index < -0.39 is 28.5 Å². The van der Waals surface area contributed by atoms with Crippen LogP contribution in [0.3, 0.4) is 0 Å². The lowest BCUT2D eigenvalue weighted by molar-refractivity contribution is -0.139. The Kier molecular flexibility index (Phi) is 10.9. The summed E-state index contributed by atoms with van der Waals surface area (Å²) in [6, 6.07) is 22.5. The van der Waals surface area contributed by atoms with E-state index in [1.807, 2.05) is 71.0 Å². The van der Waals surface area contributed by atoms with E-state index in [9.17, 15) is 18.0 Å². The molecule has 0 aliphatic carbocycles. The summed E-state index contributed by atoms with van der Waals surface area (Å²) in [5, 5.41) is 3.01. The fourth-order valence-electron chi connectivity index (χ4n) is 4.58. The molecule has 214 valence electrons. The second-order valence-electron chi connectivity index (χ2n) is 10.1. The highest BCUT2D eigenvalue weighted by molar-refractivity contribution is 7.92. The molecule has 0 saturated heterocycles. The van der Waals surface area contributed by atoms with Gasteiger partial charge < -0.3 is 10.2 Å². The van der Waals surface area contributed by atoms with E-state index in [0.29, 0.717) is 18.5 Å². The number of benzene rings is 3. The Morgan fingerprint density at radius 2 is 1.48 bits per heavy atom. The molecule has 3 aromatic rings. The topological polar surface area (TPSA) is 86.8 Å². The van der Waals surface area contributed by atoms with E-state index in [1.54, 1.807) is 35.2 Å². The third-order valence-corrected chi connectivity index (χ3v) is 9.10. The molecule has 1 N–H and O–H groups in total. The van der Waals surface area contributed by atoms with Crippen LogP contribution in [0, 0.1) is 13.8 Å². The normalized spacial score (nSPS) is 12.8. The van der Waals surface area contributed by atoms with Crippen LogP contribution in [0.2, 0.25) is 0 Å². The Bertz CT molecular complexity index is 1380. The van der Waals surface area contributed by atoms with Gasteiger partial charge in [0, 0.05) is 12.6 Å². The maximum absolute atomic E-state index is 14.1. The quantitative estimate of drug-likeness (QED) is 0.307. The number of aryl methyl sites for hydroxylation is 1. The highest BCUT2D eigenvalue weighted by Gasteiger charge is 2.34. The van der Waals surface area contributed by atoms with Crippen LogP contribution < -0.4 is 9.62 Å². The molecule has 7 nitrogen and oxygen atoms in total. The highest BCUT2D eigenvalue weighted by atomic mass is 32.2. The van der Waals surface area contributed by atoms with Gasteiger partial charge in [-0.3, -0.25) is 13.9 Å². The predicted molar refractivity (Wildman–Crippen MR) is 161 cm³/mol. The van der Waals surface area contributed by atoms with E-state index in [4.69, 9.17) is 0 Å². The van der Waals surface area contributed by atoms with Crippen LogP contribution in [0.25, 0.3) is 0 Å². The summed E-state index contributed by atoms with van der Waals surface area (Å²) in [7, 11) is -4.08. The number of amides is 2. The van der Waals surface area contributed by atoms with Gasteiger partial charge in [0.15, 0.2) is 0 Å². The van der Waals surface area contributed by atoms with E-state index in [-0.39, 0.29) is 23.4 Å². The molecule has 0 radical (unpaired) electrons. The lowest BCUT2D eigenvalue weighted by Crippen LogP contribution is -2.54. The fraction of sp³-hybridized carbons (Fsp3) is 0.375. The van der Waals surface area contributed by atoms with Gasteiger partial charge in [0.2, 0.25) is 11.8 Å². The first kappa shape index (κ1) is 30.9. The monoisotopic (exact) mass is 563 g/mol. The molecule has 2 amide bonds. The first-order valence-electron chi connectivity index (χ1n) is 13.9. The average molecular weight is 564 g/mol. The largest absolute Gasteiger partial charge is 0.352 e. The zero-order valence-electron chi connectivity index (χ0n) is 24.1. The van der Waals surface area contributed by atoms with E-state index >= 15 is 0 Å². The summed E-state index contributed by atoms with van der Waals surface area (Å²) in [5.41, 5.74) is 3.16. The minimum absolute atomic E-state index is 0.0440. The van der Waals surface area contributed by atoms with E-state index in [2.05, 4.69) is 5.32 Å². The number of hydrogen-bond acceptors (Lipinski definition) is 4. The lowest BCUT2D eigenvalue weighted by atomic mass is 10.1. The third-order valence-electron chi connectivity index (χ3n) is 7.33. The molecular formula is C32H41N3O4S. The molecule has 3 rings (SSSR count). The van der Waals surface area contributed by atoms with Gasteiger partial charge >= 0.3 is 0 Å². The van der Waals surface area contributed by atoms with Gasteiger partial charge in [0.1, 0.15) is 12.6 Å². The van der Waals surface area contributed by atoms with Gasteiger partial charge in [-0.1, -0.05) is 74.5 Å². The van der Waals surface area contributed by atoms with Crippen LogP contribution in [0.4, 0.5) is 5.69 Å². The van der Waals surface area contributed by atoms with Crippen molar-refractivity contribution in [2.45, 2.75) is 70.9 Å². The Balaban J connectivity index is 2.04. The van der Waals surface area contributed by atoms with Crippen molar-refractivity contribution in [1.82, 2.24) is 10.2 Å². The molecule has 8 heteroatoms. The van der Waals surface area contributed by atoms with Crippen LogP contribution >= 0.6 is 0 Å². The fourth-order valence-corrected chi connectivity index (χ4v) is 6.07. The Labute approximate surface area is 239 Å². The van der Waals surface area contributed by atoms with Gasteiger partial charge in [-0.25, -0.2) is 8.42 Å². The van der Waals surface area contributed by atoms with Crippen LogP contribution in [0.5, 0.6) is 0 Å². The molecule has 40 heavy (non-hydrogen) atoms. The summed E-state index contributed by atoms with van der Waals surface area (Å²) >= 11 is 0. The first-order chi connectivity index (χ1) is 19.1. The van der Waals surface area contributed by atoms with Gasteiger partial charge in [-0.2, -0.15) is 0 Å². The van der Waals surface area contributed by atoms with Crippen LogP contribution in [0.1, 0.15) is 50.3 Å². The summed E-state index contributed by atoms with van der Waals surface area (Å²) in [5.74, 6) is -0.662. The molecule has 0 bridgehead atoms. The third kappa shape index (κ3) is 7.50. The SMILES string of the molecule is CCC(C)NC(=O)C(CC)N(CCc1ccccc1)C(=O)CN(c1cccc(C)c1C)S(=O)(=O)c1ccccc1. The molecular weight excluding hydrogens is 522 g/mol. The number of carbonyl (C=O) groups is 2. The van der Waals surface area contributed by atoms with Crippen LogP contribution in [0.15, 0.2) is 83.8 Å². The molecule has 3 aromatic carbocycles. The van der Waals surface area contributed by atoms with Crippen molar-refractivity contribution >= 4 is 27.5 Å². The number of nitrogens with one attached hydrogen (secondary N) is 1. The highest BCUT2D eigenvalue weighted by Crippen LogP contribution is 2.29. The molecule has 2 atom stereocenters. The van der Waals surface area contributed by atoms with Crippen molar-refractivity contribution < 1.29 is 18.0 Å². The summed E-state index contributed by atoms with van der Waals surface area (Å²) < 4.78 is 29.1. The predicted octanol–water partition coefficient (Wildman–Crippen LogP) is 5.26. The average Bonchev–Trinajstić information content (AvgIpc) is 2.96. The second kappa shape index (κ2) is 14.1. The molecule has 0 spiro atoms.